The third kappa shape index (κ3) is 3.92. The molecule has 0 bridgehead atoms. The number of ketones is 1. The van der Waals surface area contributed by atoms with E-state index in [-0.39, 0.29) is 39.7 Å². The van der Waals surface area contributed by atoms with Crippen molar-refractivity contribution in [3.8, 4) is 0 Å². The second-order valence-electron chi connectivity index (χ2n) is 1.87. The maximum atomic E-state index is 10.9. The first-order valence-corrected chi connectivity index (χ1v) is 3.13. The van der Waals surface area contributed by atoms with Crippen molar-refractivity contribution in [1.82, 2.24) is 9.97 Å². The molecule has 12 heavy (non-hydrogen) atoms. The first kappa shape index (κ1) is 14.2. The topological polar surface area (TPSA) is 42.9 Å². The Labute approximate surface area is 92.2 Å². The fourth-order valence-corrected chi connectivity index (χ4v) is 0.637. The van der Waals surface area contributed by atoms with Crippen LogP contribution in [0.3, 0.4) is 0 Å². The molecule has 0 saturated carbocycles. The molecule has 0 spiro atoms. The predicted molar refractivity (Wildman–Crippen MR) is 57.3 cm³/mol. The van der Waals surface area contributed by atoms with E-state index in [2.05, 4.69) is 9.97 Å². The van der Waals surface area contributed by atoms with Gasteiger partial charge in [0.1, 0.15) is 12.0 Å². The third-order valence-corrected chi connectivity index (χ3v) is 1.19. The van der Waals surface area contributed by atoms with Gasteiger partial charge in [0, 0.05) is 12.6 Å². The van der Waals surface area contributed by atoms with Gasteiger partial charge in [-0.15, -0.1) is 34.0 Å². The zero-order valence-electron chi connectivity index (χ0n) is 6.56. The molecule has 1 aromatic heterocycles. The molecule has 3 nitrogen and oxygen atoms in total. The lowest BCUT2D eigenvalue weighted by molar-refractivity contribution is 0.0983. The summed E-state index contributed by atoms with van der Waals surface area (Å²) in [6, 6.07) is 1.62. The maximum absolute atomic E-state index is 10.9. The molecule has 0 aliphatic heterocycles. The van der Waals surface area contributed by atoms with Crippen molar-refractivity contribution in [1.29, 1.82) is 0 Å². The van der Waals surface area contributed by atoms with E-state index in [0.717, 1.165) is 0 Å². The molecule has 5 heteroatoms. The van der Waals surface area contributed by atoms with Crippen molar-refractivity contribution in [2.45, 2.75) is 13.3 Å². The lowest BCUT2D eigenvalue weighted by Gasteiger charge is -1.91. The molecular weight excluding hydrogens is 288 g/mol. The van der Waals surface area contributed by atoms with Crippen molar-refractivity contribution in [3.63, 3.8) is 0 Å². The van der Waals surface area contributed by atoms with E-state index in [4.69, 9.17) is 0 Å². The van der Waals surface area contributed by atoms with E-state index in [1.807, 2.05) is 6.92 Å². The van der Waals surface area contributed by atoms with E-state index >= 15 is 0 Å². The Balaban J connectivity index is 0. The van der Waals surface area contributed by atoms with E-state index < -0.39 is 0 Å². The number of nitrogens with zero attached hydrogens (tertiary/aromatic N) is 2. The molecule has 1 aromatic rings. The van der Waals surface area contributed by atoms with Gasteiger partial charge in [-0.1, -0.05) is 6.92 Å². The monoisotopic (exact) mass is 296 g/mol. The second kappa shape index (κ2) is 7.36. The van der Waals surface area contributed by atoms with Gasteiger partial charge < -0.3 is 0 Å². The molecule has 0 atom stereocenters. The standard InChI is InChI=1S/C7H8N2O.2BrH/c1-2-7(10)6-3-4-8-5-9-6;;/h3-5H,2H2,1H3;2*1H. The van der Waals surface area contributed by atoms with Crippen molar-refractivity contribution >= 4 is 39.7 Å². The maximum Gasteiger partial charge on any atom is 0.181 e. The summed E-state index contributed by atoms with van der Waals surface area (Å²) < 4.78 is 0. The zero-order valence-corrected chi connectivity index (χ0v) is 9.98. The van der Waals surface area contributed by atoms with Crippen molar-refractivity contribution in [2.24, 2.45) is 0 Å². The van der Waals surface area contributed by atoms with Crippen molar-refractivity contribution in [2.75, 3.05) is 0 Å². The van der Waals surface area contributed by atoms with E-state index in [9.17, 15) is 4.79 Å². The van der Waals surface area contributed by atoms with Crippen LogP contribution < -0.4 is 0 Å². The molecule has 0 aliphatic carbocycles. The lowest BCUT2D eigenvalue weighted by atomic mass is 10.2. The highest BCUT2D eigenvalue weighted by atomic mass is 79.9. The summed E-state index contributed by atoms with van der Waals surface area (Å²) in [5.41, 5.74) is 0.498. The molecule has 68 valence electrons. The number of hydrogen-bond acceptors (Lipinski definition) is 3. The molecule has 0 saturated heterocycles. The Morgan fingerprint density at radius 2 is 2.17 bits per heavy atom. The summed E-state index contributed by atoms with van der Waals surface area (Å²) in [4.78, 5) is 18.4. The summed E-state index contributed by atoms with van der Waals surface area (Å²) in [7, 11) is 0. The Bertz CT molecular complexity index is 228. The summed E-state index contributed by atoms with van der Waals surface area (Å²) in [5.74, 6) is 0.0578. The van der Waals surface area contributed by atoms with Gasteiger partial charge in [0.2, 0.25) is 0 Å². The number of carbonyl (C=O) groups excluding carboxylic acids is 1. The number of halogens is 2. The van der Waals surface area contributed by atoms with Crippen LogP contribution in [-0.2, 0) is 0 Å². The van der Waals surface area contributed by atoms with Gasteiger partial charge in [0.15, 0.2) is 5.78 Å². The number of carbonyl (C=O) groups is 1. The van der Waals surface area contributed by atoms with E-state index in [1.165, 1.54) is 6.33 Å². The highest BCUT2D eigenvalue weighted by molar-refractivity contribution is 8.93. The average Bonchev–Trinajstić information content (AvgIpc) is 2.05. The van der Waals surface area contributed by atoms with Gasteiger partial charge in [0.25, 0.3) is 0 Å². The highest BCUT2D eigenvalue weighted by Gasteiger charge is 2.00. The number of rotatable bonds is 2. The Morgan fingerprint density at radius 1 is 1.50 bits per heavy atom. The van der Waals surface area contributed by atoms with E-state index in [1.54, 1.807) is 12.3 Å². The Hall–Kier alpha value is -0.290. The van der Waals surface area contributed by atoms with Crippen LogP contribution in [0.25, 0.3) is 0 Å². The van der Waals surface area contributed by atoms with Gasteiger partial charge >= 0.3 is 0 Å². The first-order valence-electron chi connectivity index (χ1n) is 3.13. The molecule has 0 radical (unpaired) electrons. The normalized spacial score (nSPS) is 7.75. The largest absolute Gasteiger partial charge is 0.292 e. The van der Waals surface area contributed by atoms with Gasteiger partial charge in [0.05, 0.1) is 0 Å². The van der Waals surface area contributed by atoms with Crippen molar-refractivity contribution in [3.05, 3.63) is 24.3 Å². The summed E-state index contributed by atoms with van der Waals surface area (Å²) in [6.07, 6.45) is 3.44. The second-order valence-corrected chi connectivity index (χ2v) is 1.87. The van der Waals surface area contributed by atoms with E-state index in [0.29, 0.717) is 12.1 Å². The minimum absolute atomic E-state index is 0. The molecule has 0 unspecified atom stereocenters. The smallest absolute Gasteiger partial charge is 0.181 e. The predicted octanol–water partition coefficient (Wildman–Crippen LogP) is 2.23. The molecule has 0 N–H and O–H groups in total. The van der Waals surface area contributed by atoms with Gasteiger partial charge in [-0.3, -0.25) is 4.79 Å². The van der Waals surface area contributed by atoms with Crippen molar-refractivity contribution < 1.29 is 4.79 Å². The lowest BCUT2D eigenvalue weighted by Crippen LogP contribution is -1.99. The minimum Gasteiger partial charge on any atom is -0.292 e. The number of Topliss-reactive ketones (excluding diaryl/α,β-unsaturated/α-hetero) is 1. The first-order chi connectivity index (χ1) is 4.84. The van der Waals surface area contributed by atoms with Crippen LogP contribution >= 0.6 is 34.0 Å². The van der Waals surface area contributed by atoms with Crippen LogP contribution in [-0.4, -0.2) is 15.8 Å². The summed E-state index contributed by atoms with van der Waals surface area (Å²) in [5, 5.41) is 0. The molecule has 0 fully saturated rings. The average molecular weight is 298 g/mol. The Kier molecular flexibility index (Phi) is 8.74. The minimum atomic E-state index is 0. The molecule has 0 aromatic carbocycles. The molecule has 0 aliphatic rings. The molecule has 1 heterocycles. The third-order valence-electron chi connectivity index (χ3n) is 1.19. The van der Waals surface area contributed by atoms with Gasteiger partial charge in [-0.05, 0) is 6.07 Å². The quantitative estimate of drug-likeness (QED) is 0.786. The SMILES string of the molecule is Br.Br.CCC(=O)c1ccncn1. The van der Waals surface area contributed by atoms with Crippen LogP contribution in [0.4, 0.5) is 0 Å². The molecule has 0 amide bonds. The highest BCUT2D eigenvalue weighted by Crippen LogP contribution is 1.95. The number of aromatic nitrogens is 2. The number of hydrogen-bond donors (Lipinski definition) is 0. The zero-order chi connectivity index (χ0) is 7.40. The molecule has 1 rings (SSSR count). The van der Waals surface area contributed by atoms with Crippen LogP contribution in [0.15, 0.2) is 18.6 Å². The fourth-order valence-electron chi connectivity index (χ4n) is 0.637. The van der Waals surface area contributed by atoms with Crippen LogP contribution in [0.2, 0.25) is 0 Å². The summed E-state index contributed by atoms with van der Waals surface area (Å²) >= 11 is 0. The van der Waals surface area contributed by atoms with Crippen LogP contribution in [0.5, 0.6) is 0 Å². The van der Waals surface area contributed by atoms with Crippen LogP contribution in [0, 0.1) is 0 Å². The van der Waals surface area contributed by atoms with Gasteiger partial charge in [-0.25, -0.2) is 9.97 Å². The van der Waals surface area contributed by atoms with Crippen LogP contribution in [0.1, 0.15) is 23.8 Å². The molecular formula is C7H10Br2N2O. The fraction of sp³-hybridized carbons (Fsp3) is 0.286. The van der Waals surface area contributed by atoms with Gasteiger partial charge in [-0.2, -0.15) is 0 Å². The Morgan fingerprint density at radius 3 is 2.58 bits per heavy atom. The summed E-state index contributed by atoms with van der Waals surface area (Å²) in [6.45, 7) is 1.81.